The van der Waals surface area contributed by atoms with E-state index >= 15 is 0 Å². The van der Waals surface area contributed by atoms with Crippen LogP contribution in [0, 0.1) is 16.0 Å². The second-order valence-electron chi connectivity index (χ2n) is 4.44. The Morgan fingerprint density at radius 1 is 1.50 bits per heavy atom. The topological polar surface area (TPSA) is 52.4 Å². The van der Waals surface area contributed by atoms with E-state index < -0.39 is 4.92 Å². The van der Waals surface area contributed by atoms with Crippen LogP contribution in [0.3, 0.4) is 0 Å². The molecule has 0 saturated heterocycles. The van der Waals surface area contributed by atoms with Gasteiger partial charge >= 0.3 is 0 Å². The van der Waals surface area contributed by atoms with Crippen LogP contribution in [0.15, 0.2) is 18.2 Å². The molecule has 1 rings (SSSR count). The summed E-state index contributed by atoms with van der Waals surface area (Å²) in [6.45, 7) is 5.22. The zero-order valence-electron chi connectivity index (χ0n) is 10.7. The third-order valence-electron chi connectivity index (χ3n) is 2.68. The molecule has 0 aliphatic carbocycles. The SMILES string of the molecule is CCCC(C)COCc1cc([N+](=O)[O-])ccc1Cl. The summed E-state index contributed by atoms with van der Waals surface area (Å²) in [7, 11) is 0. The maximum atomic E-state index is 10.7. The van der Waals surface area contributed by atoms with E-state index in [1.165, 1.54) is 18.2 Å². The first-order chi connectivity index (χ1) is 8.54. The van der Waals surface area contributed by atoms with Gasteiger partial charge in [-0.2, -0.15) is 0 Å². The van der Waals surface area contributed by atoms with Crippen LogP contribution in [0.1, 0.15) is 32.3 Å². The zero-order valence-corrected chi connectivity index (χ0v) is 11.4. The average Bonchev–Trinajstić information content (AvgIpc) is 2.31. The Balaban J connectivity index is 2.56. The number of benzene rings is 1. The van der Waals surface area contributed by atoms with Crippen molar-refractivity contribution in [2.45, 2.75) is 33.3 Å². The molecule has 0 fully saturated rings. The summed E-state index contributed by atoms with van der Waals surface area (Å²) in [6, 6.07) is 4.40. The molecule has 4 nitrogen and oxygen atoms in total. The fourth-order valence-corrected chi connectivity index (χ4v) is 1.90. The van der Waals surface area contributed by atoms with Gasteiger partial charge in [0.25, 0.3) is 5.69 Å². The van der Waals surface area contributed by atoms with Gasteiger partial charge in [-0.1, -0.05) is 31.9 Å². The van der Waals surface area contributed by atoms with Gasteiger partial charge in [-0.25, -0.2) is 0 Å². The third-order valence-corrected chi connectivity index (χ3v) is 3.05. The minimum Gasteiger partial charge on any atom is -0.376 e. The largest absolute Gasteiger partial charge is 0.376 e. The van der Waals surface area contributed by atoms with Gasteiger partial charge in [0.15, 0.2) is 0 Å². The quantitative estimate of drug-likeness (QED) is 0.552. The summed E-state index contributed by atoms with van der Waals surface area (Å²) >= 11 is 5.97. The van der Waals surface area contributed by atoms with Crippen LogP contribution >= 0.6 is 11.6 Å². The number of non-ortho nitro benzene ring substituents is 1. The van der Waals surface area contributed by atoms with Crippen molar-refractivity contribution in [3.8, 4) is 0 Å². The van der Waals surface area contributed by atoms with E-state index in [-0.39, 0.29) is 5.69 Å². The number of ether oxygens (including phenoxy) is 1. The highest BCUT2D eigenvalue weighted by Crippen LogP contribution is 2.23. The van der Waals surface area contributed by atoms with Gasteiger partial charge < -0.3 is 4.74 Å². The first kappa shape index (κ1) is 14.9. The van der Waals surface area contributed by atoms with Gasteiger partial charge in [-0.15, -0.1) is 0 Å². The Kier molecular flexibility index (Phi) is 6.09. The summed E-state index contributed by atoms with van der Waals surface area (Å²) in [5, 5.41) is 11.2. The lowest BCUT2D eigenvalue weighted by Gasteiger charge is -2.11. The molecule has 0 radical (unpaired) electrons. The van der Waals surface area contributed by atoms with E-state index in [2.05, 4.69) is 13.8 Å². The molecule has 18 heavy (non-hydrogen) atoms. The van der Waals surface area contributed by atoms with Crippen LogP contribution in [-0.4, -0.2) is 11.5 Å². The predicted octanol–water partition coefficient (Wildman–Crippen LogP) is 4.20. The van der Waals surface area contributed by atoms with E-state index in [1.54, 1.807) is 0 Å². The molecule has 100 valence electrons. The van der Waals surface area contributed by atoms with E-state index in [9.17, 15) is 10.1 Å². The van der Waals surface area contributed by atoms with Gasteiger partial charge in [0, 0.05) is 29.3 Å². The lowest BCUT2D eigenvalue weighted by Crippen LogP contribution is -2.06. The number of nitrogens with zero attached hydrogens (tertiary/aromatic N) is 1. The molecule has 5 heteroatoms. The maximum Gasteiger partial charge on any atom is 0.269 e. The lowest BCUT2D eigenvalue weighted by atomic mass is 10.1. The highest BCUT2D eigenvalue weighted by molar-refractivity contribution is 6.31. The lowest BCUT2D eigenvalue weighted by molar-refractivity contribution is -0.384. The molecule has 0 amide bonds. The number of halogens is 1. The van der Waals surface area contributed by atoms with Crippen LogP contribution < -0.4 is 0 Å². The van der Waals surface area contributed by atoms with Crippen molar-refractivity contribution in [1.29, 1.82) is 0 Å². The third kappa shape index (κ3) is 4.63. The van der Waals surface area contributed by atoms with Crippen molar-refractivity contribution in [2.24, 2.45) is 5.92 Å². The smallest absolute Gasteiger partial charge is 0.269 e. The van der Waals surface area contributed by atoms with Crippen LogP contribution in [-0.2, 0) is 11.3 Å². The monoisotopic (exact) mass is 271 g/mol. The van der Waals surface area contributed by atoms with Crippen LogP contribution in [0.2, 0.25) is 5.02 Å². The molecule has 0 bridgehead atoms. The van der Waals surface area contributed by atoms with Crippen molar-refractivity contribution >= 4 is 17.3 Å². The summed E-state index contributed by atoms with van der Waals surface area (Å²) < 4.78 is 5.54. The molecule has 0 N–H and O–H groups in total. The zero-order chi connectivity index (χ0) is 13.5. The van der Waals surface area contributed by atoms with Gasteiger partial charge in [-0.05, 0) is 18.4 Å². The summed E-state index contributed by atoms with van der Waals surface area (Å²) in [5.41, 5.74) is 0.703. The first-order valence-electron chi connectivity index (χ1n) is 6.05. The van der Waals surface area contributed by atoms with E-state index in [1.807, 2.05) is 0 Å². The Bertz CT molecular complexity index is 409. The standard InChI is InChI=1S/C13H18ClNO3/c1-3-4-10(2)8-18-9-11-7-12(15(16)17)5-6-13(11)14/h5-7,10H,3-4,8-9H2,1-2H3. The predicted molar refractivity (Wildman–Crippen MR) is 71.8 cm³/mol. The highest BCUT2D eigenvalue weighted by atomic mass is 35.5. The number of hydrogen-bond acceptors (Lipinski definition) is 3. The molecule has 1 unspecified atom stereocenters. The van der Waals surface area contributed by atoms with Gasteiger partial charge in [0.05, 0.1) is 11.5 Å². The van der Waals surface area contributed by atoms with Gasteiger partial charge in [-0.3, -0.25) is 10.1 Å². The fraction of sp³-hybridized carbons (Fsp3) is 0.538. The van der Waals surface area contributed by atoms with E-state index in [0.717, 1.165) is 12.8 Å². The minimum atomic E-state index is -0.431. The molecule has 0 spiro atoms. The normalized spacial score (nSPS) is 12.4. The first-order valence-corrected chi connectivity index (χ1v) is 6.43. The molecular weight excluding hydrogens is 254 g/mol. The molecule has 1 atom stereocenters. The summed E-state index contributed by atoms with van der Waals surface area (Å²) in [6.07, 6.45) is 2.24. The average molecular weight is 272 g/mol. The Hall–Kier alpha value is -1.13. The van der Waals surface area contributed by atoms with E-state index in [0.29, 0.717) is 29.7 Å². The minimum absolute atomic E-state index is 0.0413. The Morgan fingerprint density at radius 2 is 2.22 bits per heavy atom. The van der Waals surface area contributed by atoms with Crippen molar-refractivity contribution in [2.75, 3.05) is 6.61 Å². The molecule has 1 aromatic carbocycles. The van der Waals surface area contributed by atoms with Crippen LogP contribution in [0.25, 0.3) is 0 Å². The van der Waals surface area contributed by atoms with Crippen molar-refractivity contribution in [1.82, 2.24) is 0 Å². The molecule has 0 heterocycles. The van der Waals surface area contributed by atoms with E-state index in [4.69, 9.17) is 16.3 Å². The number of nitro benzene ring substituents is 1. The maximum absolute atomic E-state index is 10.7. The number of hydrogen-bond donors (Lipinski definition) is 0. The summed E-state index contributed by atoms with van der Waals surface area (Å²) in [5.74, 6) is 0.493. The Labute approximate surface area is 112 Å². The molecule has 0 saturated carbocycles. The van der Waals surface area contributed by atoms with Crippen LogP contribution in [0.4, 0.5) is 5.69 Å². The molecule has 0 aliphatic rings. The molecule has 0 aliphatic heterocycles. The number of nitro groups is 1. The second kappa shape index (κ2) is 7.34. The summed E-state index contributed by atoms with van der Waals surface area (Å²) in [4.78, 5) is 10.2. The van der Waals surface area contributed by atoms with Gasteiger partial charge in [0.2, 0.25) is 0 Å². The van der Waals surface area contributed by atoms with Crippen molar-refractivity contribution in [3.63, 3.8) is 0 Å². The van der Waals surface area contributed by atoms with Crippen molar-refractivity contribution < 1.29 is 9.66 Å². The molecule has 1 aromatic rings. The second-order valence-corrected chi connectivity index (χ2v) is 4.85. The van der Waals surface area contributed by atoms with Gasteiger partial charge in [0.1, 0.15) is 0 Å². The Morgan fingerprint density at radius 3 is 2.83 bits per heavy atom. The number of rotatable bonds is 7. The van der Waals surface area contributed by atoms with Crippen molar-refractivity contribution in [3.05, 3.63) is 38.9 Å². The fourth-order valence-electron chi connectivity index (χ4n) is 1.73. The molecular formula is C13H18ClNO3. The molecule has 0 aromatic heterocycles. The highest BCUT2D eigenvalue weighted by Gasteiger charge is 2.10. The van der Waals surface area contributed by atoms with Crippen LogP contribution in [0.5, 0.6) is 0 Å².